The smallest absolute Gasteiger partial charge is 0.185 e. The van der Waals surface area contributed by atoms with E-state index in [1.54, 1.807) is 12.3 Å². The predicted molar refractivity (Wildman–Crippen MR) is 64.7 cm³/mol. The maximum atomic E-state index is 12.4. The molecule has 0 fully saturated rings. The van der Waals surface area contributed by atoms with Crippen LogP contribution < -0.4 is 0 Å². The standard InChI is InChI=1S/C13H21NO2/c1-5-13(4,14(6-2)7-3)12(15)11-8-9-16-10-11/h8-10H,5-7H2,1-4H3. The number of nitrogens with zero attached hydrogens (tertiary/aromatic N) is 1. The lowest BCUT2D eigenvalue weighted by Crippen LogP contribution is -2.51. The Labute approximate surface area is 97.4 Å². The highest BCUT2D eigenvalue weighted by molar-refractivity contribution is 6.02. The molecule has 0 N–H and O–H groups in total. The third-order valence-electron chi connectivity index (χ3n) is 3.42. The summed E-state index contributed by atoms with van der Waals surface area (Å²) in [5, 5.41) is 0. The van der Waals surface area contributed by atoms with E-state index in [0.29, 0.717) is 5.56 Å². The van der Waals surface area contributed by atoms with E-state index < -0.39 is 5.54 Å². The van der Waals surface area contributed by atoms with Gasteiger partial charge >= 0.3 is 0 Å². The van der Waals surface area contributed by atoms with Crippen molar-refractivity contribution in [1.29, 1.82) is 0 Å². The summed E-state index contributed by atoms with van der Waals surface area (Å²) in [5.41, 5.74) is 0.240. The Kier molecular flexibility index (Phi) is 4.30. The average Bonchev–Trinajstić information content (AvgIpc) is 2.82. The molecule has 0 bridgehead atoms. The van der Waals surface area contributed by atoms with Crippen LogP contribution in [0.5, 0.6) is 0 Å². The molecule has 0 aromatic carbocycles. The minimum atomic E-state index is -0.423. The van der Waals surface area contributed by atoms with E-state index in [4.69, 9.17) is 4.42 Å². The highest BCUT2D eigenvalue weighted by Crippen LogP contribution is 2.24. The molecule has 1 heterocycles. The zero-order chi connectivity index (χ0) is 12.2. The molecule has 90 valence electrons. The highest BCUT2D eigenvalue weighted by Gasteiger charge is 2.36. The van der Waals surface area contributed by atoms with Crippen LogP contribution in [0.4, 0.5) is 0 Å². The van der Waals surface area contributed by atoms with Gasteiger partial charge in [-0.25, -0.2) is 0 Å². The molecular formula is C13H21NO2. The number of likely N-dealkylation sites (N-methyl/N-ethyl adjacent to an activating group) is 1. The van der Waals surface area contributed by atoms with Gasteiger partial charge in [0.1, 0.15) is 6.26 Å². The van der Waals surface area contributed by atoms with Crippen molar-refractivity contribution in [2.75, 3.05) is 13.1 Å². The van der Waals surface area contributed by atoms with Crippen LogP contribution in [-0.2, 0) is 0 Å². The maximum absolute atomic E-state index is 12.4. The summed E-state index contributed by atoms with van der Waals surface area (Å²) in [6, 6.07) is 1.74. The van der Waals surface area contributed by atoms with E-state index in [2.05, 4.69) is 25.7 Å². The maximum Gasteiger partial charge on any atom is 0.185 e. The number of furan rings is 1. The Morgan fingerprint density at radius 1 is 1.38 bits per heavy atom. The number of hydrogen-bond acceptors (Lipinski definition) is 3. The van der Waals surface area contributed by atoms with E-state index in [-0.39, 0.29) is 5.78 Å². The fourth-order valence-electron chi connectivity index (χ4n) is 2.15. The van der Waals surface area contributed by atoms with E-state index in [9.17, 15) is 4.79 Å². The van der Waals surface area contributed by atoms with Crippen LogP contribution in [0.2, 0.25) is 0 Å². The number of rotatable bonds is 6. The molecule has 1 aromatic rings. The molecule has 0 amide bonds. The van der Waals surface area contributed by atoms with Gasteiger partial charge < -0.3 is 4.42 Å². The molecule has 1 aromatic heterocycles. The van der Waals surface area contributed by atoms with E-state index >= 15 is 0 Å². The number of Topliss-reactive ketones (excluding diaryl/α,β-unsaturated/α-hetero) is 1. The molecule has 1 rings (SSSR count). The summed E-state index contributed by atoms with van der Waals surface area (Å²) < 4.78 is 4.98. The molecule has 0 aliphatic heterocycles. The lowest BCUT2D eigenvalue weighted by molar-refractivity contribution is 0.0607. The van der Waals surface area contributed by atoms with Crippen molar-refractivity contribution in [2.24, 2.45) is 0 Å². The number of carbonyl (C=O) groups excluding carboxylic acids is 1. The summed E-state index contributed by atoms with van der Waals surface area (Å²) in [6.45, 7) is 9.99. The Bertz CT molecular complexity index is 328. The quantitative estimate of drug-likeness (QED) is 0.695. The fraction of sp³-hybridized carbons (Fsp3) is 0.615. The molecule has 3 nitrogen and oxygen atoms in total. The third-order valence-corrected chi connectivity index (χ3v) is 3.42. The van der Waals surface area contributed by atoms with Gasteiger partial charge in [-0.3, -0.25) is 9.69 Å². The second-order valence-corrected chi connectivity index (χ2v) is 4.14. The van der Waals surface area contributed by atoms with Gasteiger partial charge in [0.25, 0.3) is 0 Å². The first-order valence-corrected chi connectivity index (χ1v) is 5.92. The molecule has 1 atom stereocenters. The van der Waals surface area contributed by atoms with E-state index in [1.165, 1.54) is 6.26 Å². The van der Waals surface area contributed by atoms with Crippen molar-refractivity contribution in [3.05, 3.63) is 24.2 Å². The van der Waals surface area contributed by atoms with Crippen LogP contribution in [0.3, 0.4) is 0 Å². The van der Waals surface area contributed by atoms with Crippen molar-refractivity contribution >= 4 is 5.78 Å². The number of ketones is 1. The summed E-state index contributed by atoms with van der Waals surface area (Å²) in [7, 11) is 0. The predicted octanol–water partition coefficient (Wildman–Crippen LogP) is 2.97. The SMILES string of the molecule is CCN(CC)C(C)(CC)C(=O)c1ccoc1. The van der Waals surface area contributed by atoms with E-state index in [0.717, 1.165) is 19.5 Å². The molecule has 3 heteroatoms. The monoisotopic (exact) mass is 223 g/mol. The Hall–Kier alpha value is -1.09. The molecule has 0 aliphatic carbocycles. The molecule has 16 heavy (non-hydrogen) atoms. The molecule has 0 spiro atoms. The first kappa shape index (κ1) is 13.0. The van der Waals surface area contributed by atoms with Crippen LogP contribution in [0.1, 0.15) is 44.5 Å². The third kappa shape index (κ3) is 2.19. The molecular weight excluding hydrogens is 202 g/mol. The Morgan fingerprint density at radius 3 is 2.38 bits per heavy atom. The second kappa shape index (κ2) is 5.30. The lowest BCUT2D eigenvalue weighted by Gasteiger charge is -2.38. The zero-order valence-electron chi connectivity index (χ0n) is 10.6. The summed E-state index contributed by atoms with van der Waals surface area (Å²) in [5.74, 6) is 0.146. The van der Waals surface area contributed by atoms with E-state index in [1.807, 2.05) is 6.92 Å². The van der Waals surface area contributed by atoms with Crippen LogP contribution in [0.25, 0.3) is 0 Å². The van der Waals surface area contributed by atoms with Gasteiger partial charge in [-0.1, -0.05) is 20.8 Å². The number of carbonyl (C=O) groups is 1. The normalized spacial score (nSPS) is 15.1. The van der Waals surface area contributed by atoms with Crippen LogP contribution in [0.15, 0.2) is 23.0 Å². The molecule has 1 unspecified atom stereocenters. The number of hydrogen-bond donors (Lipinski definition) is 0. The van der Waals surface area contributed by atoms with Crippen molar-refractivity contribution in [3.63, 3.8) is 0 Å². The van der Waals surface area contributed by atoms with Gasteiger partial charge in [0, 0.05) is 0 Å². The molecule has 0 radical (unpaired) electrons. The summed E-state index contributed by atoms with van der Waals surface area (Å²) >= 11 is 0. The Morgan fingerprint density at radius 2 is 2.00 bits per heavy atom. The summed E-state index contributed by atoms with van der Waals surface area (Å²) in [4.78, 5) is 14.6. The molecule has 0 aliphatic rings. The van der Waals surface area contributed by atoms with Gasteiger partial charge in [-0.2, -0.15) is 0 Å². The average molecular weight is 223 g/mol. The van der Waals surface area contributed by atoms with Gasteiger partial charge in [0.2, 0.25) is 0 Å². The van der Waals surface area contributed by atoms with Crippen molar-refractivity contribution in [2.45, 2.75) is 39.7 Å². The molecule has 0 saturated heterocycles. The van der Waals surface area contributed by atoms with Crippen molar-refractivity contribution in [1.82, 2.24) is 4.90 Å². The fourth-order valence-corrected chi connectivity index (χ4v) is 2.15. The largest absolute Gasteiger partial charge is 0.472 e. The van der Waals surface area contributed by atoms with Crippen LogP contribution in [0, 0.1) is 0 Å². The molecule has 0 saturated carbocycles. The minimum absolute atomic E-state index is 0.146. The first-order valence-electron chi connectivity index (χ1n) is 5.92. The van der Waals surface area contributed by atoms with Gasteiger partial charge in [-0.15, -0.1) is 0 Å². The minimum Gasteiger partial charge on any atom is -0.472 e. The van der Waals surface area contributed by atoms with Crippen LogP contribution >= 0.6 is 0 Å². The second-order valence-electron chi connectivity index (χ2n) is 4.14. The Balaban J connectivity index is 3.00. The van der Waals surface area contributed by atoms with Gasteiger partial charge in [0.05, 0.1) is 17.4 Å². The van der Waals surface area contributed by atoms with Crippen molar-refractivity contribution < 1.29 is 9.21 Å². The van der Waals surface area contributed by atoms with Gasteiger partial charge in [0.15, 0.2) is 5.78 Å². The first-order chi connectivity index (χ1) is 7.60. The van der Waals surface area contributed by atoms with Crippen LogP contribution in [-0.4, -0.2) is 29.3 Å². The van der Waals surface area contributed by atoms with Crippen molar-refractivity contribution in [3.8, 4) is 0 Å². The zero-order valence-corrected chi connectivity index (χ0v) is 10.6. The lowest BCUT2D eigenvalue weighted by atomic mass is 9.87. The topological polar surface area (TPSA) is 33.5 Å². The summed E-state index contributed by atoms with van der Waals surface area (Å²) in [6.07, 6.45) is 3.88. The highest BCUT2D eigenvalue weighted by atomic mass is 16.3. The van der Waals surface area contributed by atoms with Gasteiger partial charge in [-0.05, 0) is 32.5 Å².